The Bertz CT molecular complexity index is 446. The minimum atomic E-state index is -0.314. The number of carbonyl (C=O) groups is 1. The average Bonchev–Trinajstić information content (AvgIpc) is 2.33. The summed E-state index contributed by atoms with van der Waals surface area (Å²) in [7, 11) is 0. The SMILES string of the molecule is CC(NC(C)(C)CC(C)(C)C)C(=O)OCc1ccccc1. The lowest BCUT2D eigenvalue weighted by Crippen LogP contribution is -2.50. The Hall–Kier alpha value is -1.35. The highest BCUT2D eigenvalue weighted by Crippen LogP contribution is 2.27. The molecule has 0 saturated heterocycles. The molecule has 21 heavy (non-hydrogen) atoms. The lowest BCUT2D eigenvalue weighted by atomic mass is 9.81. The molecule has 0 spiro atoms. The highest BCUT2D eigenvalue weighted by atomic mass is 16.5. The van der Waals surface area contributed by atoms with Crippen molar-refractivity contribution < 1.29 is 9.53 Å². The largest absolute Gasteiger partial charge is 0.460 e. The highest BCUT2D eigenvalue weighted by Gasteiger charge is 2.29. The van der Waals surface area contributed by atoms with Crippen LogP contribution in [0, 0.1) is 5.41 Å². The third-order valence-electron chi connectivity index (χ3n) is 3.16. The van der Waals surface area contributed by atoms with Crippen LogP contribution in [-0.2, 0) is 16.1 Å². The lowest BCUT2D eigenvalue weighted by Gasteiger charge is -2.35. The third kappa shape index (κ3) is 7.28. The van der Waals surface area contributed by atoms with Crippen LogP contribution in [0.1, 0.15) is 53.5 Å². The molecule has 0 amide bonds. The maximum Gasteiger partial charge on any atom is 0.323 e. The molecule has 1 rings (SSSR count). The van der Waals surface area contributed by atoms with E-state index in [9.17, 15) is 4.79 Å². The molecule has 0 aliphatic heterocycles. The predicted molar refractivity (Wildman–Crippen MR) is 87.0 cm³/mol. The second-order valence-electron chi connectivity index (χ2n) is 7.58. The van der Waals surface area contributed by atoms with Gasteiger partial charge in [0.2, 0.25) is 0 Å². The molecule has 118 valence electrons. The van der Waals surface area contributed by atoms with Gasteiger partial charge in [-0.3, -0.25) is 10.1 Å². The number of ether oxygens (including phenoxy) is 1. The van der Waals surface area contributed by atoms with E-state index in [1.807, 2.05) is 37.3 Å². The van der Waals surface area contributed by atoms with Crippen molar-refractivity contribution in [2.24, 2.45) is 5.41 Å². The van der Waals surface area contributed by atoms with Crippen molar-refractivity contribution in [3.05, 3.63) is 35.9 Å². The summed E-state index contributed by atoms with van der Waals surface area (Å²) in [5.74, 6) is -0.208. The molecule has 1 unspecified atom stereocenters. The standard InChI is InChI=1S/C18H29NO2/c1-14(19-18(5,6)13-17(2,3)4)16(20)21-12-15-10-8-7-9-11-15/h7-11,14,19H,12-13H2,1-6H3. The van der Waals surface area contributed by atoms with Crippen molar-refractivity contribution in [3.63, 3.8) is 0 Å². The second-order valence-corrected chi connectivity index (χ2v) is 7.58. The number of esters is 1. The molecule has 0 fully saturated rings. The number of hydrogen-bond acceptors (Lipinski definition) is 3. The van der Waals surface area contributed by atoms with Crippen molar-refractivity contribution in [2.45, 2.75) is 66.2 Å². The molecular formula is C18H29NO2. The highest BCUT2D eigenvalue weighted by molar-refractivity contribution is 5.75. The number of hydrogen-bond donors (Lipinski definition) is 1. The van der Waals surface area contributed by atoms with Gasteiger partial charge < -0.3 is 4.74 Å². The van der Waals surface area contributed by atoms with Crippen LogP contribution in [0.3, 0.4) is 0 Å². The molecule has 0 aliphatic rings. The van der Waals surface area contributed by atoms with Crippen LogP contribution in [0.5, 0.6) is 0 Å². The quantitative estimate of drug-likeness (QED) is 0.807. The molecule has 0 radical (unpaired) electrons. The number of carbonyl (C=O) groups excluding carboxylic acids is 1. The first-order valence-electron chi connectivity index (χ1n) is 7.57. The summed E-state index contributed by atoms with van der Waals surface area (Å²) in [6, 6.07) is 9.43. The molecular weight excluding hydrogens is 262 g/mol. The van der Waals surface area contributed by atoms with E-state index in [1.165, 1.54) is 0 Å². The summed E-state index contributed by atoms with van der Waals surface area (Å²) in [6.07, 6.45) is 0.982. The topological polar surface area (TPSA) is 38.3 Å². The van der Waals surface area contributed by atoms with E-state index in [1.54, 1.807) is 0 Å². The van der Waals surface area contributed by atoms with Crippen LogP contribution < -0.4 is 5.32 Å². The maximum atomic E-state index is 12.1. The van der Waals surface area contributed by atoms with Crippen molar-refractivity contribution in [2.75, 3.05) is 0 Å². The van der Waals surface area contributed by atoms with Crippen molar-refractivity contribution in [1.82, 2.24) is 5.32 Å². The Morgan fingerprint density at radius 2 is 1.71 bits per heavy atom. The first-order chi connectivity index (χ1) is 9.59. The third-order valence-corrected chi connectivity index (χ3v) is 3.16. The van der Waals surface area contributed by atoms with Crippen LogP contribution in [0.15, 0.2) is 30.3 Å². The van der Waals surface area contributed by atoms with E-state index in [2.05, 4.69) is 39.9 Å². The van der Waals surface area contributed by atoms with Gasteiger partial charge in [-0.25, -0.2) is 0 Å². The minimum Gasteiger partial charge on any atom is -0.460 e. The van der Waals surface area contributed by atoms with E-state index in [0.717, 1.165) is 12.0 Å². The first-order valence-corrected chi connectivity index (χ1v) is 7.57. The van der Waals surface area contributed by atoms with E-state index < -0.39 is 0 Å². The fourth-order valence-corrected chi connectivity index (χ4v) is 2.88. The molecule has 0 aliphatic carbocycles. The molecule has 0 aromatic heterocycles. The van der Waals surface area contributed by atoms with Gasteiger partial charge in [0.05, 0.1) is 0 Å². The van der Waals surface area contributed by atoms with Crippen molar-refractivity contribution in [1.29, 1.82) is 0 Å². The number of benzene rings is 1. The Labute approximate surface area is 129 Å². The molecule has 0 bridgehead atoms. The molecule has 3 nitrogen and oxygen atoms in total. The molecule has 1 aromatic carbocycles. The summed E-state index contributed by atoms with van der Waals surface area (Å²) in [4.78, 5) is 12.1. The smallest absolute Gasteiger partial charge is 0.323 e. The molecule has 1 atom stereocenters. The fourth-order valence-electron chi connectivity index (χ4n) is 2.88. The Balaban J connectivity index is 2.47. The van der Waals surface area contributed by atoms with Gasteiger partial charge in [0.25, 0.3) is 0 Å². The monoisotopic (exact) mass is 291 g/mol. The summed E-state index contributed by atoms with van der Waals surface area (Å²) in [6.45, 7) is 13.0. The van der Waals surface area contributed by atoms with Crippen LogP contribution >= 0.6 is 0 Å². The fraction of sp³-hybridized carbons (Fsp3) is 0.611. The second kappa shape index (κ2) is 7.08. The molecule has 0 saturated carbocycles. The maximum absolute atomic E-state index is 12.1. The zero-order chi connectivity index (χ0) is 16.1. The summed E-state index contributed by atoms with van der Waals surface area (Å²) in [5, 5.41) is 3.37. The number of rotatable bonds is 6. The van der Waals surface area contributed by atoms with E-state index in [-0.39, 0.29) is 23.0 Å². The van der Waals surface area contributed by atoms with Crippen molar-refractivity contribution >= 4 is 5.97 Å². The zero-order valence-corrected chi connectivity index (χ0v) is 14.2. The van der Waals surface area contributed by atoms with Gasteiger partial charge in [-0.1, -0.05) is 51.1 Å². The molecule has 1 aromatic rings. The summed E-state index contributed by atoms with van der Waals surface area (Å²) in [5.41, 5.74) is 1.11. The molecule has 0 heterocycles. The van der Waals surface area contributed by atoms with Gasteiger partial charge in [0, 0.05) is 5.54 Å². The Morgan fingerprint density at radius 3 is 2.24 bits per heavy atom. The van der Waals surface area contributed by atoms with Crippen LogP contribution in [0.25, 0.3) is 0 Å². The molecule has 3 heteroatoms. The van der Waals surface area contributed by atoms with Crippen LogP contribution in [0.4, 0.5) is 0 Å². The average molecular weight is 291 g/mol. The summed E-state index contributed by atoms with van der Waals surface area (Å²) < 4.78 is 5.36. The zero-order valence-electron chi connectivity index (χ0n) is 14.2. The van der Waals surface area contributed by atoms with E-state index >= 15 is 0 Å². The molecule has 1 N–H and O–H groups in total. The van der Waals surface area contributed by atoms with Crippen LogP contribution in [0.2, 0.25) is 0 Å². The normalized spacial score (nSPS) is 13.8. The van der Waals surface area contributed by atoms with Crippen LogP contribution in [-0.4, -0.2) is 17.6 Å². The number of nitrogens with one attached hydrogen (secondary N) is 1. The Kier molecular flexibility index (Phi) is 5.97. The van der Waals surface area contributed by atoms with Gasteiger partial charge in [0.15, 0.2) is 0 Å². The van der Waals surface area contributed by atoms with Gasteiger partial charge in [0.1, 0.15) is 12.6 Å². The van der Waals surface area contributed by atoms with E-state index in [0.29, 0.717) is 6.61 Å². The van der Waals surface area contributed by atoms with Gasteiger partial charge in [-0.05, 0) is 38.2 Å². The van der Waals surface area contributed by atoms with Crippen molar-refractivity contribution in [3.8, 4) is 0 Å². The predicted octanol–water partition coefficient (Wildman–Crippen LogP) is 3.92. The first kappa shape index (κ1) is 17.7. The summed E-state index contributed by atoms with van der Waals surface area (Å²) >= 11 is 0. The van der Waals surface area contributed by atoms with Gasteiger partial charge >= 0.3 is 5.97 Å². The van der Waals surface area contributed by atoms with Gasteiger partial charge in [-0.2, -0.15) is 0 Å². The van der Waals surface area contributed by atoms with E-state index in [4.69, 9.17) is 4.74 Å². The minimum absolute atomic E-state index is 0.108. The lowest BCUT2D eigenvalue weighted by molar-refractivity contribution is -0.147. The Morgan fingerprint density at radius 1 is 1.14 bits per heavy atom. The van der Waals surface area contributed by atoms with Gasteiger partial charge in [-0.15, -0.1) is 0 Å².